The van der Waals surface area contributed by atoms with Crippen LogP contribution in [0.1, 0.15) is 167 Å². The molecule has 0 unspecified atom stereocenters. The molecule has 0 aliphatic heterocycles. The topological polar surface area (TPSA) is 27.7 Å². The van der Waals surface area contributed by atoms with Crippen molar-refractivity contribution >= 4 is 20.4 Å². The summed E-state index contributed by atoms with van der Waals surface area (Å²) < 4.78 is 16.5. The molecule has 0 heterocycles. The van der Waals surface area contributed by atoms with E-state index in [4.69, 9.17) is 24.9 Å². The highest BCUT2D eigenvalue weighted by molar-refractivity contribution is 6.60. The quantitative estimate of drug-likeness (QED) is 0.0489. The first-order chi connectivity index (χ1) is 17.7. The monoisotopic (exact) mass is 548 g/mol. The number of unbranched alkanes of at least 4 members (excludes halogenated alkanes) is 25. The predicted molar refractivity (Wildman–Crippen MR) is 162 cm³/mol. The first-order valence-corrected chi connectivity index (χ1v) is 18.4. The molecule has 0 rings (SSSR count). The lowest BCUT2D eigenvalue weighted by Gasteiger charge is -2.24. The Morgan fingerprint density at radius 3 is 0.722 bits per heavy atom. The number of hydrogen-bond donors (Lipinski definition) is 0. The van der Waals surface area contributed by atoms with Crippen LogP contribution in [-0.4, -0.2) is 36.0 Å². The van der Waals surface area contributed by atoms with Crippen LogP contribution in [0.25, 0.3) is 0 Å². The average Bonchev–Trinajstić information content (AvgIpc) is 2.91. The molecule has 0 saturated carbocycles. The van der Waals surface area contributed by atoms with Gasteiger partial charge in [-0.05, 0) is 12.8 Å². The zero-order chi connectivity index (χ0) is 26.4. The summed E-state index contributed by atoms with van der Waals surface area (Å²) in [6.07, 6.45) is 36.6. The van der Waals surface area contributed by atoms with Crippen LogP contribution < -0.4 is 0 Å². The molecule has 0 aromatic rings. The van der Waals surface area contributed by atoms with Crippen molar-refractivity contribution in [2.24, 2.45) is 0 Å². The fraction of sp³-hybridized carbons (Fsp3) is 1.00. The Bertz CT molecular complexity index is 399. The zero-order valence-electron chi connectivity index (χ0n) is 24.9. The molecule has 0 aromatic heterocycles. The van der Waals surface area contributed by atoms with Gasteiger partial charge in [0.15, 0.2) is 0 Å². The Morgan fingerprint density at radius 2 is 0.528 bits per heavy atom. The molecule has 36 heavy (non-hydrogen) atoms. The van der Waals surface area contributed by atoms with Crippen LogP contribution in [0.3, 0.4) is 0 Å². The minimum Gasteiger partial charge on any atom is -0.377 e. The third kappa shape index (κ3) is 24.7. The molecule has 0 N–H and O–H groups in total. The van der Waals surface area contributed by atoms with E-state index in [-0.39, 0.29) is 0 Å². The molecule has 0 spiro atoms. The first-order valence-electron chi connectivity index (χ1n) is 16.0. The molecule has 0 amide bonds. The number of hydrogen-bond acceptors (Lipinski definition) is 3. The maximum absolute atomic E-state index is 5.72. The maximum Gasteiger partial charge on any atom is 0.500 e. The van der Waals surface area contributed by atoms with Crippen LogP contribution in [-0.2, 0) is 13.3 Å². The Hall–Kier alpha value is 0.387. The van der Waals surface area contributed by atoms with E-state index >= 15 is 0 Å². The summed E-state index contributed by atoms with van der Waals surface area (Å²) in [6, 6.07) is 0.938. The number of alkyl halides is 1. The summed E-state index contributed by atoms with van der Waals surface area (Å²) in [5.41, 5.74) is 0. The third-order valence-electron chi connectivity index (χ3n) is 7.80. The van der Waals surface area contributed by atoms with Gasteiger partial charge in [-0.3, -0.25) is 0 Å². The lowest BCUT2D eigenvalue weighted by Crippen LogP contribution is -2.42. The SMILES string of the molecule is CO[Si](CCCCCCCCCCCCCCCCCCCCCCCCCCCCCl)(OC)OC. The molecule has 0 aliphatic rings. The molecule has 0 saturated heterocycles. The van der Waals surface area contributed by atoms with Gasteiger partial charge in [-0.15, -0.1) is 11.6 Å². The van der Waals surface area contributed by atoms with E-state index < -0.39 is 8.80 Å². The highest BCUT2D eigenvalue weighted by Crippen LogP contribution is 2.19. The molecule has 0 aliphatic carbocycles. The second kappa shape index (κ2) is 29.9. The molecule has 0 fully saturated rings. The Balaban J connectivity index is 3.13. The van der Waals surface area contributed by atoms with Crippen molar-refractivity contribution in [1.82, 2.24) is 0 Å². The van der Waals surface area contributed by atoms with E-state index in [1.54, 1.807) is 21.3 Å². The fourth-order valence-corrected chi connectivity index (χ4v) is 7.22. The summed E-state index contributed by atoms with van der Waals surface area (Å²) in [5.74, 6) is 0.840. The molecule has 0 aromatic carbocycles. The normalized spacial score (nSPS) is 12.0. The summed E-state index contributed by atoms with van der Waals surface area (Å²) in [6.45, 7) is 0. The van der Waals surface area contributed by atoms with Gasteiger partial charge >= 0.3 is 8.80 Å². The van der Waals surface area contributed by atoms with Crippen molar-refractivity contribution in [2.75, 3.05) is 27.2 Å². The molecule has 3 nitrogen and oxygen atoms in total. The predicted octanol–water partition coefficient (Wildman–Crippen LogP) is 11.2. The summed E-state index contributed by atoms with van der Waals surface area (Å²) in [5, 5.41) is 0. The van der Waals surface area contributed by atoms with Gasteiger partial charge < -0.3 is 13.3 Å². The second-order valence-electron chi connectivity index (χ2n) is 10.9. The van der Waals surface area contributed by atoms with Crippen molar-refractivity contribution in [2.45, 2.75) is 173 Å². The zero-order valence-corrected chi connectivity index (χ0v) is 26.7. The lowest BCUT2D eigenvalue weighted by molar-refractivity contribution is 0.122. The van der Waals surface area contributed by atoms with Crippen molar-refractivity contribution < 1.29 is 13.3 Å². The smallest absolute Gasteiger partial charge is 0.377 e. The Labute approximate surface area is 233 Å². The Morgan fingerprint density at radius 1 is 0.333 bits per heavy atom. The highest BCUT2D eigenvalue weighted by Gasteiger charge is 2.36. The van der Waals surface area contributed by atoms with Gasteiger partial charge in [0.05, 0.1) is 0 Å². The molecule has 218 valence electrons. The standard InChI is InChI=1S/C31H65ClO3Si/c1-33-36(34-2,35-3)31-29-27-25-23-21-19-17-15-13-11-9-7-5-4-6-8-10-12-14-16-18-20-22-24-26-28-30-32/h4-31H2,1-3H3. The van der Waals surface area contributed by atoms with E-state index in [0.29, 0.717) is 0 Å². The van der Waals surface area contributed by atoms with Crippen LogP contribution in [0.5, 0.6) is 0 Å². The van der Waals surface area contributed by atoms with E-state index in [9.17, 15) is 0 Å². The summed E-state index contributed by atoms with van der Waals surface area (Å²) in [4.78, 5) is 0. The van der Waals surface area contributed by atoms with Crippen LogP contribution in [0.15, 0.2) is 0 Å². The van der Waals surface area contributed by atoms with Gasteiger partial charge in [-0.1, -0.05) is 154 Å². The van der Waals surface area contributed by atoms with Crippen LogP contribution in [0.2, 0.25) is 6.04 Å². The first kappa shape index (κ1) is 36.4. The number of halogens is 1. The van der Waals surface area contributed by atoms with Crippen LogP contribution in [0.4, 0.5) is 0 Å². The fourth-order valence-electron chi connectivity index (χ4n) is 5.23. The van der Waals surface area contributed by atoms with E-state index in [1.807, 2.05) is 0 Å². The van der Waals surface area contributed by atoms with Crippen LogP contribution >= 0.6 is 11.6 Å². The molecule has 0 atom stereocenters. The molecule has 5 heteroatoms. The van der Waals surface area contributed by atoms with Gasteiger partial charge in [0, 0.05) is 33.3 Å². The molecular formula is C31H65ClO3Si. The lowest BCUT2D eigenvalue weighted by atomic mass is 10.0. The minimum atomic E-state index is -2.34. The molecule has 0 radical (unpaired) electrons. The van der Waals surface area contributed by atoms with E-state index in [1.165, 1.54) is 161 Å². The van der Waals surface area contributed by atoms with Crippen molar-refractivity contribution in [1.29, 1.82) is 0 Å². The van der Waals surface area contributed by atoms with Crippen molar-refractivity contribution in [3.8, 4) is 0 Å². The third-order valence-corrected chi connectivity index (χ3v) is 10.9. The number of rotatable bonds is 31. The van der Waals surface area contributed by atoms with Crippen LogP contribution in [0, 0.1) is 0 Å². The van der Waals surface area contributed by atoms with Gasteiger partial charge in [-0.2, -0.15) is 0 Å². The maximum atomic E-state index is 5.72. The van der Waals surface area contributed by atoms with Crippen molar-refractivity contribution in [3.05, 3.63) is 0 Å². The average molecular weight is 549 g/mol. The van der Waals surface area contributed by atoms with Gasteiger partial charge in [-0.25, -0.2) is 0 Å². The largest absolute Gasteiger partial charge is 0.500 e. The summed E-state index contributed by atoms with van der Waals surface area (Å²) >= 11 is 5.72. The summed E-state index contributed by atoms with van der Waals surface area (Å²) in [7, 11) is 2.78. The van der Waals surface area contributed by atoms with E-state index in [0.717, 1.165) is 18.3 Å². The Kier molecular flexibility index (Phi) is 30.3. The second-order valence-corrected chi connectivity index (χ2v) is 14.4. The van der Waals surface area contributed by atoms with Gasteiger partial charge in [0.25, 0.3) is 0 Å². The van der Waals surface area contributed by atoms with Gasteiger partial charge in [0.1, 0.15) is 0 Å². The molecular weight excluding hydrogens is 484 g/mol. The van der Waals surface area contributed by atoms with Crippen molar-refractivity contribution in [3.63, 3.8) is 0 Å². The van der Waals surface area contributed by atoms with Gasteiger partial charge in [0.2, 0.25) is 0 Å². The molecule has 0 bridgehead atoms. The minimum absolute atomic E-state index is 0.840. The van der Waals surface area contributed by atoms with E-state index in [2.05, 4.69) is 0 Å². The highest BCUT2D eigenvalue weighted by atomic mass is 35.5.